The molecule has 1 aromatic heterocycles. The van der Waals surface area contributed by atoms with Gasteiger partial charge in [0.05, 0.1) is 17.6 Å². The van der Waals surface area contributed by atoms with E-state index in [1.165, 1.54) is 24.3 Å². The third-order valence-corrected chi connectivity index (χ3v) is 6.24. The Kier molecular flexibility index (Phi) is 6.60. The van der Waals surface area contributed by atoms with Crippen molar-refractivity contribution < 1.29 is 27.2 Å². The molecule has 0 fully saturated rings. The number of hydrogen-bond donors (Lipinski definition) is 1. The lowest BCUT2D eigenvalue weighted by molar-refractivity contribution is 0.0429. The normalized spacial score (nSPS) is 11.1. The van der Waals surface area contributed by atoms with Crippen molar-refractivity contribution in [2.24, 2.45) is 0 Å². The van der Waals surface area contributed by atoms with Crippen molar-refractivity contribution in [2.45, 2.75) is 18.4 Å². The van der Waals surface area contributed by atoms with E-state index < -0.39 is 16.0 Å². The number of aromatic nitrogens is 2. The largest absolute Gasteiger partial charge is 0.497 e. The molecule has 0 spiro atoms. The quantitative estimate of drug-likeness (QED) is 0.373. The summed E-state index contributed by atoms with van der Waals surface area (Å²) < 4.78 is 43.1. The minimum Gasteiger partial charge on any atom is -0.497 e. The van der Waals surface area contributed by atoms with Crippen molar-refractivity contribution >= 4 is 21.7 Å². The molecule has 1 heterocycles. The first-order valence-electron chi connectivity index (χ1n) is 10.2. The van der Waals surface area contributed by atoms with E-state index >= 15 is 0 Å². The molecule has 1 N–H and O–H groups in total. The van der Waals surface area contributed by atoms with Gasteiger partial charge >= 0.3 is 5.97 Å². The number of nitrogens with zero attached hydrogens (tertiary/aromatic N) is 2. The SMILES string of the molecule is COc1ccc(-c2noc(COC(=O)c3ccc(S(=O)(=O)Nc4ccc(C)cc4)cc3)n2)cc1. The Balaban J connectivity index is 1.36. The second-order valence-electron chi connectivity index (χ2n) is 7.31. The lowest BCUT2D eigenvalue weighted by Crippen LogP contribution is -2.13. The third kappa shape index (κ3) is 5.41. The summed E-state index contributed by atoms with van der Waals surface area (Å²) in [6, 6.07) is 19.5. The second-order valence-corrected chi connectivity index (χ2v) is 8.99. The minimum atomic E-state index is -3.80. The maximum atomic E-state index is 12.6. The molecule has 0 aliphatic heterocycles. The molecule has 0 aliphatic rings. The van der Waals surface area contributed by atoms with Gasteiger partial charge < -0.3 is 14.0 Å². The first-order chi connectivity index (χ1) is 16.3. The van der Waals surface area contributed by atoms with E-state index in [1.807, 2.05) is 6.92 Å². The minimum absolute atomic E-state index is 0.0191. The highest BCUT2D eigenvalue weighted by Crippen LogP contribution is 2.21. The summed E-state index contributed by atoms with van der Waals surface area (Å²) in [6.45, 7) is 1.69. The highest BCUT2D eigenvalue weighted by Gasteiger charge is 2.17. The molecule has 10 heteroatoms. The Bertz CT molecular complexity index is 1380. The van der Waals surface area contributed by atoms with Gasteiger partial charge in [0.15, 0.2) is 6.61 Å². The van der Waals surface area contributed by atoms with Gasteiger partial charge in [0, 0.05) is 11.3 Å². The topological polar surface area (TPSA) is 121 Å². The Morgan fingerprint density at radius 1 is 0.971 bits per heavy atom. The molecule has 4 rings (SSSR count). The number of ether oxygens (including phenoxy) is 2. The van der Waals surface area contributed by atoms with Crippen LogP contribution in [-0.2, 0) is 21.4 Å². The van der Waals surface area contributed by atoms with Gasteiger partial charge in [0.1, 0.15) is 5.75 Å². The van der Waals surface area contributed by atoms with E-state index in [1.54, 1.807) is 55.6 Å². The average molecular weight is 480 g/mol. The number of methoxy groups -OCH3 is 1. The van der Waals surface area contributed by atoms with Crippen molar-refractivity contribution in [3.05, 3.63) is 89.8 Å². The van der Waals surface area contributed by atoms with E-state index in [4.69, 9.17) is 14.0 Å². The highest BCUT2D eigenvalue weighted by atomic mass is 32.2. The molecular formula is C24H21N3O6S. The van der Waals surface area contributed by atoms with Crippen molar-refractivity contribution in [1.82, 2.24) is 10.1 Å². The van der Waals surface area contributed by atoms with Crippen LogP contribution in [0, 0.1) is 6.92 Å². The zero-order valence-electron chi connectivity index (χ0n) is 18.4. The first-order valence-corrected chi connectivity index (χ1v) is 11.7. The Labute approximate surface area is 196 Å². The number of anilines is 1. The maximum absolute atomic E-state index is 12.6. The molecule has 0 amide bonds. The number of nitrogens with one attached hydrogen (secondary N) is 1. The van der Waals surface area contributed by atoms with Gasteiger partial charge in [-0.1, -0.05) is 22.9 Å². The summed E-state index contributed by atoms with van der Waals surface area (Å²) in [5.41, 5.74) is 2.37. The van der Waals surface area contributed by atoms with Crippen LogP contribution in [0.15, 0.2) is 82.2 Å². The number of carbonyl (C=O) groups is 1. The van der Waals surface area contributed by atoms with Gasteiger partial charge in [0.25, 0.3) is 15.9 Å². The molecule has 3 aromatic carbocycles. The van der Waals surface area contributed by atoms with Crippen LogP contribution < -0.4 is 9.46 Å². The van der Waals surface area contributed by atoms with E-state index in [0.29, 0.717) is 17.3 Å². The number of hydrogen-bond acceptors (Lipinski definition) is 8. The molecule has 0 radical (unpaired) electrons. The lowest BCUT2D eigenvalue weighted by atomic mass is 10.2. The van der Waals surface area contributed by atoms with Crippen LogP contribution in [0.1, 0.15) is 21.8 Å². The van der Waals surface area contributed by atoms with Crippen LogP contribution in [0.5, 0.6) is 5.75 Å². The summed E-state index contributed by atoms with van der Waals surface area (Å²) >= 11 is 0. The molecule has 34 heavy (non-hydrogen) atoms. The fourth-order valence-electron chi connectivity index (χ4n) is 2.99. The molecule has 0 saturated heterocycles. The smallest absolute Gasteiger partial charge is 0.338 e. The van der Waals surface area contributed by atoms with Crippen LogP contribution in [0.25, 0.3) is 11.4 Å². The van der Waals surface area contributed by atoms with Gasteiger partial charge in [-0.05, 0) is 67.6 Å². The molecule has 4 aromatic rings. The predicted octanol–water partition coefficient (Wildman–Crippen LogP) is 4.21. The summed E-state index contributed by atoms with van der Waals surface area (Å²) in [5, 5.41) is 3.88. The van der Waals surface area contributed by atoms with E-state index in [-0.39, 0.29) is 23.0 Å². The van der Waals surface area contributed by atoms with E-state index in [9.17, 15) is 13.2 Å². The summed E-state index contributed by atoms with van der Waals surface area (Å²) in [5.74, 6) is 0.524. The molecule has 0 aliphatic carbocycles. The number of benzene rings is 3. The maximum Gasteiger partial charge on any atom is 0.338 e. The Hall–Kier alpha value is -4.18. The van der Waals surface area contributed by atoms with Crippen molar-refractivity contribution in [3.8, 4) is 17.1 Å². The predicted molar refractivity (Wildman–Crippen MR) is 124 cm³/mol. The van der Waals surface area contributed by atoms with E-state index in [2.05, 4.69) is 14.9 Å². The standard InChI is InChI=1S/C24H21N3O6S/c1-16-3-9-19(10-4-16)27-34(29,30)21-13-7-18(8-14-21)24(28)32-15-22-25-23(26-33-22)17-5-11-20(31-2)12-6-17/h3-14,27H,15H2,1-2H3. The zero-order valence-corrected chi connectivity index (χ0v) is 19.2. The van der Waals surface area contributed by atoms with E-state index in [0.717, 1.165) is 11.1 Å². The number of rotatable bonds is 8. The zero-order chi connectivity index (χ0) is 24.1. The number of esters is 1. The highest BCUT2D eigenvalue weighted by molar-refractivity contribution is 7.92. The summed E-state index contributed by atoms with van der Waals surface area (Å²) in [4.78, 5) is 16.6. The first kappa shape index (κ1) is 23.0. The Morgan fingerprint density at radius 2 is 1.65 bits per heavy atom. The fraction of sp³-hybridized carbons (Fsp3) is 0.125. The van der Waals surface area contributed by atoms with Crippen LogP contribution in [0.4, 0.5) is 5.69 Å². The molecule has 9 nitrogen and oxygen atoms in total. The second kappa shape index (κ2) is 9.75. The molecule has 0 atom stereocenters. The van der Waals surface area contributed by atoms with Crippen LogP contribution in [0.3, 0.4) is 0 Å². The molecular weight excluding hydrogens is 458 g/mol. The number of sulfonamides is 1. The van der Waals surface area contributed by atoms with Crippen LogP contribution >= 0.6 is 0 Å². The molecule has 0 saturated carbocycles. The summed E-state index contributed by atoms with van der Waals surface area (Å²) in [6.07, 6.45) is 0. The Morgan fingerprint density at radius 3 is 2.29 bits per heavy atom. The van der Waals surface area contributed by atoms with Crippen molar-refractivity contribution in [1.29, 1.82) is 0 Å². The van der Waals surface area contributed by atoms with Gasteiger partial charge in [-0.15, -0.1) is 0 Å². The van der Waals surface area contributed by atoms with Crippen LogP contribution in [0.2, 0.25) is 0 Å². The molecule has 174 valence electrons. The lowest BCUT2D eigenvalue weighted by Gasteiger charge is -2.09. The van der Waals surface area contributed by atoms with Crippen molar-refractivity contribution in [2.75, 3.05) is 11.8 Å². The monoisotopic (exact) mass is 479 g/mol. The fourth-order valence-corrected chi connectivity index (χ4v) is 4.05. The third-order valence-electron chi connectivity index (χ3n) is 4.85. The summed E-state index contributed by atoms with van der Waals surface area (Å²) in [7, 11) is -2.22. The van der Waals surface area contributed by atoms with Crippen LogP contribution in [-0.4, -0.2) is 31.6 Å². The average Bonchev–Trinajstić information content (AvgIpc) is 3.33. The van der Waals surface area contributed by atoms with Gasteiger partial charge in [-0.2, -0.15) is 4.98 Å². The van der Waals surface area contributed by atoms with Gasteiger partial charge in [-0.3, -0.25) is 4.72 Å². The van der Waals surface area contributed by atoms with Gasteiger partial charge in [-0.25, -0.2) is 13.2 Å². The number of aryl methyl sites for hydroxylation is 1. The van der Waals surface area contributed by atoms with Crippen molar-refractivity contribution in [3.63, 3.8) is 0 Å². The molecule has 0 bridgehead atoms. The molecule has 0 unspecified atom stereocenters. The van der Waals surface area contributed by atoms with Gasteiger partial charge in [0.2, 0.25) is 5.82 Å². The number of carbonyl (C=O) groups excluding carboxylic acids is 1.